The molecule has 116 valence electrons. The van der Waals surface area contributed by atoms with Crippen molar-refractivity contribution in [3.05, 3.63) is 23.8 Å². The van der Waals surface area contributed by atoms with Crippen LogP contribution in [0.3, 0.4) is 0 Å². The van der Waals surface area contributed by atoms with E-state index < -0.39 is 0 Å². The van der Waals surface area contributed by atoms with Gasteiger partial charge in [0.15, 0.2) is 11.5 Å². The van der Waals surface area contributed by atoms with Crippen LogP contribution in [-0.2, 0) is 11.2 Å². The summed E-state index contributed by atoms with van der Waals surface area (Å²) < 4.78 is 11.1. The monoisotopic (exact) mass is 291 g/mol. The van der Waals surface area contributed by atoms with Gasteiger partial charge in [0.1, 0.15) is 13.2 Å². The van der Waals surface area contributed by atoms with Crippen molar-refractivity contribution in [3.63, 3.8) is 0 Å². The van der Waals surface area contributed by atoms with Crippen molar-refractivity contribution < 1.29 is 14.3 Å². The van der Waals surface area contributed by atoms with Gasteiger partial charge in [-0.05, 0) is 37.0 Å². The van der Waals surface area contributed by atoms with E-state index in [9.17, 15) is 4.79 Å². The Morgan fingerprint density at radius 3 is 2.71 bits per heavy atom. The Hall–Kier alpha value is -1.71. The largest absolute Gasteiger partial charge is 0.486 e. The first kappa shape index (κ1) is 15.7. The van der Waals surface area contributed by atoms with Gasteiger partial charge in [0.05, 0.1) is 0 Å². The number of rotatable bonds is 7. The predicted molar refractivity (Wildman–Crippen MR) is 82.9 cm³/mol. The fraction of sp³-hybridized carbons (Fsp3) is 0.588. The molecule has 0 unspecified atom stereocenters. The quantitative estimate of drug-likeness (QED) is 0.775. The van der Waals surface area contributed by atoms with Gasteiger partial charge in [-0.2, -0.15) is 0 Å². The molecule has 0 bridgehead atoms. The topological polar surface area (TPSA) is 38.8 Å². The molecular weight excluding hydrogens is 266 g/mol. The van der Waals surface area contributed by atoms with Gasteiger partial charge in [0.2, 0.25) is 5.91 Å². The molecule has 0 aliphatic carbocycles. The maximum atomic E-state index is 12.0. The summed E-state index contributed by atoms with van der Waals surface area (Å²) in [5.41, 5.74) is 1.20. The number of fused-ring (bicyclic) bond motifs is 1. The van der Waals surface area contributed by atoms with Gasteiger partial charge in [-0.1, -0.05) is 19.4 Å². The van der Waals surface area contributed by atoms with Crippen molar-refractivity contribution in [1.29, 1.82) is 0 Å². The first-order valence-electron chi connectivity index (χ1n) is 7.83. The average molecular weight is 291 g/mol. The molecule has 21 heavy (non-hydrogen) atoms. The standard InChI is InChI=1S/C17H25NO3/c1-3-4-10-18(2)17(19)7-5-6-14-8-9-15-16(13-14)21-12-11-20-15/h8-9,13H,3-7,10-12H2,1-2H3. The molecule has 4 nitrogen and oxygen atoms in total. The minimum atomic E-state index is 0.237. The molecule has 0 saturated carbocycles. The molecule has 2 rings (SSSR count). The second-order valence-electron chi connectivity index (χ2n) is 5.50. The summed E-state index contributed by atoms with van der Waals surface area (Å²) in [7, 11) is 1.89. The van der Waals surface area contributed by atoms with E-state index in [-0.39, 0.29) is 5.91 Å². The third-order valence-corrected chi connectivity index (χ3v) is 3.74. The lowest BCUT2D eigenvalue weighted by atomic mass is 10.1. The summed E-state index contributed by atoms with van der Waals surface area (Å²) in [6, 6.07) is 6.04. The third kappa shape index (κ3) is 4.66. The number of amides is 1. The van der Waals surface area contributed by atoms with E-state index in [1.165, 1.54) is 5.56 Å². The summed E-state index contributed by atoms with van der Waals surface area (Å²) in [4.78, 5) is 13.8. The van der Waals surface area contributed by atoms with Crippen LogP contribution in [0.4, 0.5) is 0 Å². The van der Waals surface area contributed by atoms with Crippen molar-refractivity contribution in [2.24, 2.45) is 0 Å². The van der Waals surface area contributed by atoms with Crippen molar-refractivity contribution in [2.45, 2.75) is 39.0 Å². The zero-order valence-corrected chi connectivity index (χ0v) is 13.1. The maximum Gasteiger partial charge on any atom is 0.222 e. The van der Waals surface area contributed by atoms with E-state index in [2.05, 4.69) is 13.0 Å². The number of benzene rings is 1. The van der Waals surface area contributed by atoms with Gasteiger partial charge in [-0.3, -0.25) is 4.79 Å². The molecular formula is C17H25NO3. The van der Waals surface area contributed by atoms with Crippen LogP contribution in [0, 0.1) is 0 Å². The van der Waals surface area contributed by atoms with Gasteiger partial charge in [-0.25, -0.2) is 0 Å². The molecule has 1 aliphatic heterocycles. The Morgan fingerprint density at radius 1 is 1.19 bits per heavy atom. The average Bonchev–Trinajstić information content (AvgIpc) is 2.52. The molecule has 4 heteroatoms. The van der Waals surface area contributed by atoms with Crippen molar-refractivity contribution in [3.8, 4) is 11.5 Å². The fourth-order valence-electron chi connectivity index (χ4n) is 2.40. The SMILES string of the molecule is CCCCN(C)C(=O)CCCc1ccc2c(c1)OCCO2. The summed E-state index contributed by atoms with van der Waals surface area (Å²) in [5, 5.41) is 0. The van der Waals surface area contributed by atoms with E-state index in [4.69, 9.17) is 9.47 Å². The number of hydrogen-bond donors (Lipinski definition) is 0. The van der Waals surface area contributed by atoms with Gasteiger partial charge >= 0.3 is 0 Å². The molecule has 1 aromatic rings. The molecule has 0 aromatic heterocycles. The zero-order valence-electron chi connectivity index (χ0n) is 13.1. The molecule has 0 atom stereocenters. The van der Waals surface area contributed by atoms with Crippen LogP contribution in [0.25, 0.3) is 0 Å². The second kappa shape index (κ2) is 7.91. The van der Waals surface area contributed by atoms with Crippen LogP contribution >= 0.6 is 0 Å². The highest BCUT2D eigenvalue weighted by atomic mass is 16.6. The van der Waals surface area contributed by atoms with Crippen molar-refractivity contribution >= 4 is 5.91 Å². The lowest BCUT2D eigenvalue weighted by Gasteiger charge is -2.19. The predicted octanol–water partition coefficient (Wildman–Crippen LogP) is 3.04. The van der Waals surface area contributed by atoms with Crippen LogP contribution < -0.4 is 9.47 Å². The summed E-state index contributed by atoms with van der Waals surface area (Å²) in [6.45, 7) is 4.22. The molecule has 1 amide bonds. The van der Waals surface area contributed by atoms with Crippen LogP contribution in [0.5, 0.6) is 11.5 Å². The molecule has 1 aromatic carbocycles. The number of aryl methyl sites for hydroxylation is 1. The highest BCUT2D eigenvalue weighted by Gasteiger charge is 2.12. The van der Waals surface area contributed by atoms with Crippen LogP contribution in [0.15, 0.2) is 18.2 Å². The summed E-state index contributed by atoms with van der Waals surface area (Å²) >= 11 is 0. The molecule has 0 N–H and O–H groups in total. The minimum Gasteiger partial charge on any atom is -0.486 e. The first-order chi connectivity index (χ1) is 10.2. The fourth-order valence-corrected chi connectivity index (χ4v) is 2.40. The number of carbonyl (C=O) groups excluding carboxylic acids is 1. The van der Waals surface area contributed by atoms with Crippen molar-refractivity contribution in [2.75, 3.05) is 26.8 Å². The molecule has 0 fully saturated rings. The Balaban J connectivity index is 1.77. The molecule has 0 radical (unpaired) electrons. The first-order valence-corrected chi connectivity index (χ1v) is 7.83. The Morgan fingerprint density at radius 2 is 1.95 bits per heavy atom. The van der Waals surface area contributed by atoms with Gasteiger partial charge in [-0.15, -0.1) is 0 Å². The van der Waals surface area contributed by atoms with Gasteiger partial charge in [0.25, 0.3) is 0 Å². The lowest BCUT2D eigenvalue weighted by molar-refractivity contribution is -0.130. The van der Waals surface area contributed by atoms with E-state index in [0.717, 1.165) is 43.7 Å². The smallest absolute Gasteiger partial charge is 0.222 e. The van der Waals surface area contributed by atoms with Crippen LogP contribution in [0.1, 0.15) is 38.2 Å². The number of hydrogen-bond acceptors (Lipinski definition) is 3. The number of unbranched alkanes of at least 4 members (excludes halogenated alkanes) is 1. The van der Waals surface area contributed by atoms with Crippen LogP contribution in [0.2, 0.25) is 0 Å². The molecule has 1 aliphatic rings. The normalized spacial score (nSPS) is 13.0. The summed E-state index contributed by atoms with van der Waals surface area (Å²) in [6.07, 6.45) is 4.56. The van der Waals surface area contributed by atoms with E-state index >= 15 is 0 Å². The van der Waals surface area contributed by atoms with Crippen LogP contribution in [-0.4, -0.2) is 37.6 Å². The highest BCUT2D eigenvalue weighted by molar-refractivity contribution is 5.75. The minimum absolute atomic E-state index is 0.237. The van der Waals surface area contributed by atoms with Gasteiger partial charge < -0.3 is 14.4 Å². The lowest BCUT2D eigenvalue weighted by Crippen LogP contribution is -2.27. The molecule has 0 saturated heterocycles. The van der Waals surface area contributed by atoms with E-state index in [1.807, 2.05) is 24.1 Å². The molecule has 1 heterocycles. The number of carbonyl (C=O) groups is 1. The summed E-state index contributed by atoms with van der Waals surface area (Å²) in [5.74, 6) is 1.88. The Kier molecular flexibility index (Phi) is 5.90. The molecule has 0 spiro atoms. The second-order valence-corrected chi connectivity index (χ2v) is 5.50. The van der Waals surface area contributed by atoms with Gasteiger partial charge in [0, 0.05) is 20.0 Å². The third-order valence-electron chi connectivity index (χ3n) is 3.74. The Labute approximate surface area is 127 Å². The zero-order chi connectivity index (χ0) is 15.1. The van der Waals surface area contributed by atoms with E-state index in [1.54, 1.807) is 0 Å². The number of nitrogens with zero attached hydrogens (tertiary/aromatic N) is 1. The Bertz CT molecular complexity index is 473. The van der Waals surface area contributed by atoms with E-state index in [0.29, 0.717) is 19.6 Å². The highest BCUT2D eigenvalue weighted by Crippen LogP contribution is 2.31. The number of ether oxygens (including phenoxy) is 2. The maximum absolute atomic E-state index is 12.0. The van der Waals surface area contributed by atoms with Crippen molar-refractivity contribution in [1.82, 2.24) is 4.90 Å².